The van der Waals surface area contributed by atoms with E-state index in [1.807, 2.05) is 37.2 Å². The van der Waals surface area contributed by atoms with E-state index in [0.29, 0.717) is 0 Å². The van der Waals surface area contributed by atoms with Crippen molar-refractivity contribution < 1.29 is 0 Å². The lowest BCUT2D eigenvalue weighted by Crippen LogP contribution is -2.16. The summed E-state index contributed by atoms with van der Waals surface area (Å²) in [5, 5.41) is 0. The number of aromatic nitrogens is 2. The summed E-state index contributed by atoms with van der Waals surface area (Å²) in [6.07, 6.45) is 0. The Morgan fingerprint density at radius 3 is 2.81 bits per heavy atom. The number of benzene rings is 1. The van der Waals surface area contributed by atoms with Crippen molar-refractivity contribution in [2.45, 2.75) is 6.54 Å². The van der Waals surface area contributed by atoms with E-state index in [9.17, 15) is 0 Å². The fourth-order valence-electron chi connectivity index (χ4n) is 1.76. The minimum absolute atomic E-state index is 0.933. The monoisotopic (exact) mass is 253 g/mol. The smallest absolute Gasteiger partial charge is 0.206 e. The van der Waals surface area contributed by atoms with Crippen LogP contribution >= 0.6 is 22.5 Å². The number of anilines is 1. The first-order chi connectivity index (χ1) is 7.74. The predicted octanol–water partition coefficient (Wildman–Crippen LogP) is 2.68. The maximum absolute atomic E-state index is 4.62. The van der Waals surface area contributed by atoms with Gasteiger partial charge >= 0.3 is 0 Å². The van der Waals surface area contributed by atoms with Crippen LogP contribution in [0.15, 0.2) is 24.3 Å². The molecule has 0 spiro atoms. The molecule has 0 aliphatic rings. The molecule has 0 radical (unpaired) electrons. The lowest BCUT2D eigenvalue weighted by molar-refractivity contribution is 0.779. The standard InChI is InChI=1S/C11H15N3S2/c1-13(2)11-12-9-5-3-4-6-10(9)14(11)7-8-16-15/h3-6,15H,7-8H2,1-2H3. The molecule has 16 heavy (non-hydrogen) atoms. The van der Waals surface area contributed by atoms with E-state index in [1.54, 1.807) is 10.8 Å². The fraction of sp³-hybridized carbons (Fsp3) is 0.364. The summed E-state index contributed by atoms with van der Waals surface area (Å²) in [6, 6.07) is 8.23. The van der Waals surface area contributed by atoms with Crippen LogP contribution in [0.1, 0.15) is 0 Å². The molecule has 0 saturated carbocycles. The number of rotatable bonds is 4. The van der Waals surface area contributed by atoms with Crippen molar-refractivity contribution in [1.82, 2.24) is 9.55 Å². The Hall–Kier alpha value is -0.810. The van der Waals surface area contributed by atoms with Gasteiger partial charge in [0.15, 0.2) is 0 Å². The van der Waals surface area contributed by atoms with Crippen LogP contribution in [0.4, 0.5) is 5.95 Å². The topological polar surface area (TPSA) is 21.1 Å². The third-order valence-corrected chi connectivity index (χ3v) is 3.35. The van der Waals surface area contributed by atoms with Crippen molar-refractivity contribution in [2.24, 2.45) is 0 Å². The van der Waals surface area contributed by atoms with E-state index < -0.39 is 0 Å². The minimum atomic E-state index is 0.933. The Labute approximate surface area is 105 Å². The van der Waals surface area contributed by atoms with Gasteiger partial charge in [0.05, 0.1) is 11.0 Å². The van der Waals surface area contributed by atoms with E-state index >= 15 is 0 Å². The number of hydrogen-bond donors (Lipinski definition) is 1. The molecule has 0 amide bonds. The highest BCUT2D eigenvalue weighted by atomic mass is 33.1. The van der Waals surface area contributed by atoms with Gasteiger partial charge in [0.2, 0.25) is 5.95 Å². The van der Waals surface area contributed by atoms with Gasteiger partial charge in [0.25, 0.3) is 0 Å². The first kappa shape index (κ1) is 11.7. The van der Waals surface area contributed by atoms with Crippen molar-refractivity contribution in [2.75, 3.05) is 24.7 Å². The number of aryl methyl sites for hydroxylation is 1. The van der Waals surface area contributed by atoms with Gasteiger partial charge in [-0.15, -0.1) is 11.7 Å². The lowest BCUT2D eigenvalue weighted by Gasteiger charge is -2.14. The molecule has 2 aromatic rings. The molecule has 0 aliphatic carbocycles. The zero-order valence-electron chi connectivity index (χ0n) is 9.42. The van der Waals surface area contributed by atoms with E-state index in [4.69, 9.17) is 0 Å². The van der Waals surface area contributed by atoms with Gasteiger partial charge in [-0.3, -0.25) is 0 Å². The van der Waals surface area contributed by atoms with Crippen LogP contribution in [0.2, 0.25) is 0 Å². The molecule has 0 N–H and O–H groups in total. The van der Waals surface area contributed by atoms with Crippen LogP contribution in [0.25, 0.3) is 11.0 Å². The largest absolute Gasteiger partial charge is 0.348 e. The Kier molecular flexibility index (Phi) is 3.66. The van der Waals surface area contributed by atoms with Gasteiger partial charge in [-0.05, 0) is 12.1 Å². The van der Waals surface area contributed by atoms with Crippen LogP contribution < -0.4 is 4.90 Å². The molecule has 0 unspecified atom stereocenters. The second-order valence-electron chi connectivity index (χ2n) is 3.78. The number of thiol groups is 1. The SMILES string of the molecule is CN(C)c1nc2ccccc2n1CCSS. The molecule has 1 aromatic carbocycles. The van der Waals surface area contributed by atoms with Crippen molar-refractivity contribution in [3.05, 3.63) is 24.3 Å². The molecule has 86 valence electrons. The molecule has 0 bridgehead atoms. The summed E-state index contributed by atoms with van der Waals surface area (Å²) in [5.41, 5.74) is 2.24. The summed E-state index contributed by atoms with van der Waals surface area (Å²) < 4.78 is 2.23. The van der Waals surface area contributed by atoms with Gasteiger partial charge < -0.3 is 9.47 Å². The van der Waals surface area contributed by atoms with Crippen molar-refractivity contribution in [3.8, 4) is 0 Å². The summed E-state index contributed by atoms with van der Waals surface area (Å²) in [5.74, 6) is 1.98. The maximum atomic E-state index is 4.62. The molecule has 1 heterocycles. The summed E-state index contributed by atoms with van der Waals surface area (Å²) >= 11 is 4.18. The van der Waals surface area contributed by atoms with Gasteiger partial charge in [-0.25, -0.2) is 4.98 Å². The van der Waals surface area contributed by atoms with Crippen molar-refractivity contribution >= 4 is 39.4 Å². The molecule has 5 heteroatoms. The van der Waals surface area contributed by atoms with Gasteiger partial charge in [-0.1, -0.05) is 22.9 Å². The first-order valence-electron chi connectivity index (χ1n) is 5.13. The highest BCUT2D eigenvalue weighted by Gasteiger charge is 2.10. The Morgan fingerprint density at radius 1 is 1.38 bits per heavy atom. The summed E-state index contributed by atoms with van der Waals surface area (Å²) in [6.45, 7) is 0.933. The molecule has 0 saturated heterocycles. The number of para-hydroxylation sites is 2. The van der Waals surface area contributed by atoms with Gasteiger partial charge in [0, 0.05) is 26.4 Å². The molecule has 3 nitrogen and oxygen atoms in total. The number of nitrogens with zero attached hydrogens (tertiary/aromatic N) is 3. The van der Waals surface area contributed by atoms with Gasteiger partial charge in [-0.2, -0.15) is 0 Å². The third kappa shape index (κ3) is 2.15. The van der Waals surface area contributed by atoms with E-state index in [0.717, 1.165) is 23.8 Å². The summed E-state index contributed by atoms with van der Waals surface area (Å²) in [4.78, 5) is 6.66. The average molecular weight is 253 g/mol. The normalized spacial score (nSPS) is 10.9. The van der Waals surface area contributed by atoms with Gasteiger partial charge in [0.1, 0.15) is 0 Å². The zero-order valence-corrected chi connectivity index (χ0v) is 11.1. The van der Waals surface area contributed by atoms with E-state index in [-0.39, 0.29) is 0 Å². The maximum Gasteiger partial charge on any atom is 0.206 e. The second-order valence-corrected chi connectivity index (χ2v) is 5.22. The third-order valence-electron chi connectivity index (χ3n) is 2.44. The number of hydrogen-bond acceptors (Lipinski definition) is 4. The lowest BCUT2D eigenvalue weighted by atomic mass is 10.3. The van der Waals surface area contributed by atoms with Crippen LogP contribution in [0, 0.1) is 0 Å². The molecular weight excluding hydrogens is 238 g/mol. The van der Waals surface area contributed by atoms with E-state index in [1.165, 1.54) is 5.52 Å². The zero-order chi connectivity index (χ0) is 11.5. The quantitative estimate of drug-likeness (QED) is 0.668. The highest BCUT2D eigenvalue weighted by Crippen LogP contribution is 2.22. The Balaban J connectivity index is 2.51. The molecular formula is C11H15N3S2. The molecule has 2 rings (SSSR count). The Morgan fingerprint density at radius 2 is 2.12 bits per heavy atom. The second kappa shape index (κ2) is 5.01. The Bertz CT molecular complexity index is 479. The van der Waals surface area contributed by atoms with Crippen LogP contribution in [-0.4, -0.2) is 29.4 Å². The number of imidazole rings is 1. The van der Waals surface area contributed by atoms with E-state index in [2.05, 4.69) is 27.3 Å². The molecule has 0 atom stereocenters. The van der Waals surface area contributed by atoms with Crippen LogP contribution in [-0.2, 0) is 6.54 Å². The number of fused-ring (bicyclic) bond motifs is 1. The van der Waals surface area contributed by atoms with Crippen molar-refractivity contribution in [1.29, 1.82) is 0 Å². The fourth-order valence-corrected chi connectivity index (χ4v) is 2.27. The predicted molar refractivity (Wildman–Crippen MR) is 75.5 cm³/mol. The molecule has 0 aliphatic heterocycles. The molecule has 1 aromatic heterocycles. The molecule has 0 fully saturated rings. The van der Waals surface area contributed by atoms with Crippen LogP contribution in [0.5, 0.6) is 0 Å². The van der Waals surface area contributed by atoms with Crippen LogP contribution in [0.3, 0.4) is 0 Å². The first-order valence-corrected chi connectivity index (χ1v) is 7.17. The average Bonchev–Trinajstić information content (AvgIpc) is 2.65. The summed E-state index contributed by atoms with van der Waals surface area (Å²) in [7, 11) is 5.59. The van der Waals surface area contributed by atoms with Crippen molar-refractivity contribution in [3.63, 3.8) is 0 Å². The highest BCUT2D eigenvalue weighted by molar-refractivity contribution is 8.68. The minimum Gasteiger partial charge on any atom is -0.348 e.